The molecule has 1 aliphatic heterocycles. The van der Waals surface area contributed by atoms with Gasteiger partial charge >= 0.3 is 5.97 Å². The number of ether oxygens (including phenoxy) is 2. The van der Waals surface area contributed by atoms with Gasteiger partial charge in [0.05, 0.1) is 17.7 Å². The van der Waals surface area contributed by atoms with E-state index < -0.39 is 29.2 Å². The lowest BCUT2D eigenvalue weighted by Gasteiger charge is -2.24. The smallest absolute Gasteiger partial charge is 0.349 e. The molecular formula is C20H18FNO5. The van der Waals surface area contributed by atoms with Crippen LogP contribution in [0.25, 0.3) is 0 Å². The number of halogens is 1. The minimum atomic E-state index is -1.32. The topological polar surface area (TPSA) is 72.9 Å². The van der Waals surface area contributed by atoms with Gasteiger partial charge in [0.15, 0.2) is 5.60 Å². The molecule has 140 valence electrons. The van der Waals surface area contributed by atoms with Crippen molar-refractivity contribution in [2.45, 2.75) is 19.4 Å². The third-order valence-corrected chi connectivity index (χ3v) is 4.10. The first-order valence-electron chi connectivity index (χ1n) is 8.36. The number of carbonyl (C=O) groups is 3. The lowest BCUT2D eigenvalue weighted by atomic mass is 10.1. The van der Waals surface area contributed by atoms with Gasteiger partial charge in [-0.2, -0.15) is 0 Å². The molecule has 0 saturated heterocycles. The molecule has 27 heavy (non-hydrogen) atoms. The second kappa shape index (κ2) is 7.19. The molecule has 1 heterocycles. The molecule has 0 aliphatic carbocycles. The van der Waals surface area contributed by atoms with Crippen LogP contribution in [-0.4, -0.2) is 41.4 Å². The molecule has 0 radical (unpaired) electrons. The summed E-state index contributed by atoms with van der Waals surface area (Å²) < 4.78 is 23.7. The van der Waals surface area contributed by atoms with Crippen molar-refractivity contribution < 1.29 is 28.2 Å². The maximum atomic E-state index is 12.9. The van der Waals surface area contributed by atoms with Crippen LogP contribution in [0.1, 0.15) is 34.6 Å². The molecule has 1 aliphatic rings. The summed E-state index contributed by atoms with van der Waals surface area (Å²) in [4.78, 5) is 37.8. The fourth-order valence-corrected chi connectivity index (χ4v) is 2.68. The lowest BCUT2D eigenvalue weighted by Crippen LogP contribution is -2.41. The van der Waals surface area contributed by atoms with Crippen LogP contribution in [0.15, 0.2) is 48.5 Å². The largest absolute Gasteiger partial charge is 0.476 e. The second-order valence-electron chi connectivity index (χ2n) is 6.51. The Bertz CT molecular complexity index is 857. The number of esters is 1. The lowest BCUT2D eigenvalue weighted by molar-refractivity contribution is -0.159. The Hall–Kier alpha value is -3.22. The van der Waals surface area contributed by atoms with Crippen molar-refractivity contribution in [1.82, 2.24) is 4.90 Å². The van der Waals surface area contributed by atoms with Gasteiger partial charge in [-0.1, -0.05) is 12.1 Å². The van der Waals surface area contributed by atoms with Gasteiger partial charge in [-0.25, -0.2) is 9.18 Å². The zero-order valence-electron chi connectivity index (χ0n) is 14.9. The predicted octanol–water partition coefficient (Wildman–Crippen LogP) is 2.82. The van der Waals surface area contributed by atoms with Crippen LogP contribution in [0.3, 0.4) is 0 Å². The van der Waals surface area contributed by atoms with E-state index in [1.54, 1.807) is 24.3 Å². The monoisotopic (exact) mass is 371 g/mol. The summed E-state index contributed by atoms with van der Waals surface area (Å²) >= 11 is 0. The first-order chi connectivity index (χ1) is 12.8. The Balaban J connectivity index is 1.55. The molecule has 2 amide bonds. The van der Waals surface area contributed by atoms with Crippen molar-refractivity contribution in [3.63, 3.8) is 0 Å². The van der Waals surface area contributed by atoms with Gasteiger partial charge in [0.25, 0.3) is 11.8 Å². The van der Waals surface area contributed by atoms with E-state index in [2.05, 4.69) is 0 Å². The predicted molar refractivity (Wildman–Crippen MR) is 93.9 cm³/mol. The summed E-state index contributed by atoms with van der Waals surface area (Å²) in [6.07, 6.45) is 0. The Morgan fingerprint density at radius 3 is 2.11 bits per heavy atom. The molecule has 0 fully saturated rings. The maximum Gasteiger partial charge on any atom is 0.349 e. The highest BCUT2D eigenvalue weighted by Gasteiger charge is 2.36. The third kappa shape index (κ3) is 3.81. The first-order valence-corrected chi connectivity index (χ1v) is 8.36. The van der Waals surface area contributed by atoms with Crippen LogP contribution in [-0.2, 0) is 9.53 Å². The molecule has 0 N–H and O–H groups in total. The van der Waals surface area contributed by atoms with Gasteiger partial charge in [-0.3, -0.25) is 14.5 Å². The Labute approximate surface area is 155 Å². The molecule has 7 heteroatoms. The summed E-state index contributed by atoms with van der Waals surface area (Å²) in [5.41, 5.74) is -0.637. The number of rotatable bonds is 6. The quantitative estimate of drug-likeness (QED) is 0.577. The van der Waals surface area contributed by atoms with E-state index in [9.17, 15) is 18.8 Å². The van der Waals surface area contributed by atoms with Gasteiger partial charge in [-0.15, -0.1) is 0 Å². The second-order valence-corrected chi connectivity index (χ2v) is 6.51. The SMILES string of the molecule is CC(C)(Oc1ccc(F)cc1)C(=O)OCCN1C(=O)c2ccccc2C1=O. The molecule has 2 aromatic rings. The third-order valence-electron chi connectivity index (χ3n) is 4.10. The molecule has 0 unspecified atom stereocenters. The maximum absolute atomic E-state index is 12.9. The van der Waals surface area contributed by atoms with Crippen molar-refractivity contribution in [3.05, 3.63) is 65.5 Å². The molecule has 0 saturated carbocycles. The van der Waals surface area contributed by atoms with Crippen molar-refractivity contribution in [2.24, 2.45) is 0 Å². The van der Waals surface area contributed by atoms with E-state index >= 15 is 0 Å². The van der Waals surface area contributed by atoms with Crippen molar-refractivity contribution in [1.29, 1.82) is 0 Å². The van der Waals surface area contributed by atoms with E-state index in [1.165, 1.54) is 38.1 Å². The number of amides is 2. The average Bonchev–Trinajstić information content (AvgIpc) is 2.88. The highest BCUT2D eigenvalue weighted by Crippen LogP contribution is 2.23. The molecule has 2 aromatic carbocycles. The van der Waals surface area contributed by atoms with Gasteiger partial charge < -0.3 is 9.47 Å². The van der Waals surface area contributed by atoms with Crippen LogP contribution in [0.5, 0.6) is 5.75 Å². The number of imide groups is 1. The van der Waals surface area contributed by atoms with E-state index in [4.69, 9.17) is 9.47 Å². The summed E-state index contributed by atoms with van der Waals surface area (Å²) in [6.45, 7) is 2.83. The zero-order chi connectivity index (χ0) is 19.6. The van der Waals surface area contributed by atoms with E-state index in [1.807, 2.05) is 0 Å². The number of benzene rings is 2. The highest BCUT2D eigenvalue weighted by atomic mass is 19.1. The van der Waals surface area contributed by atoms with Crippen LogP contribution >= 0.6 is 0 Å². The molecule has 0 bridgehead atoms. The fraction of sp³-hybridized carbons (Fsp3) is 0.250. The van der Waals surface area contributed by atoms with E-state index in [0.29, 0.717) is 16.9 Å². The van der Waals surface area contributed by atoms with Crippen molar-refractivity contribution in [3.8, 4) is 5.75 Å². The summed E-state index contributed by atoms with van der Waals surface area (Å²) in [5.74, 6) is -1.58. The Kier molecular flexibility index (Phi) is 4.94. The number of hydrogen-bond donors (Lipinski definition) is 0. The van der Waals surface area contributed by atoms with Gasteiger partial charge in [-0.05, 0) is 50.2 Å². The standard InChI is InChI=1S/C20H18FNO5/c1-20(2,27-14-9-7-13(21)8-10-14)19(25)26-12-11-22-17(23)15-5-3-4-6-16(15)18(22)24/h3-10H,11-12H2,1-2H3. The van der Waals surface area contributed by atoms with Crippen molar-refractivity contribution >= 4 is 17.8 Å². The van der Waals surface area contributed by atoms with Crippen LogP contribution in [0, 0.1) is 5.82 Å². The summed E-state index contributed by atoms with van der Waals surface area (Å²) in [5, 5.41) is 0. The van der Waals surface area contributed by atoms with E-state index in [0.717, 1.165) is 4.90 Å². The van der Waals surface area contributed by atoms with Gasteiger partial charge in [0.2, 0.25) is 0 Å². The minimum Gasteiger partial charge on any atom is -0.476 e. The van der Waals surface area contributed by atoms with Crippen LogP contribution < -0.4 is 4.74 Å². The summed E-state index contributed by atoms with van der Waals surface area (Å²) in [7, 11) is 0. The molecular weight excluding hydrogens is 353 g/mol. The average molecular weight is 371 g/mol. The Morgan fingerprint density at radius 1 is 1.00 bits per heavy atom. The number of nitrogens with zero attached hydrogens (tertiary/aromatic N) is 1. The van der Waals surface area contributed by atoms with Gasteiger partial charge in [0, 0.05) is 0 Å². The van der Waals surface area contributed by atoms with Gasteiger partial charge in [0.1, 0.15) is 18.2 Å². The normalized spacial score (nSPS) is 13.5. The van der Waals surface area contributed by atoms with Crippen molar-refractivity contribution in [2.75, 3.05) is 13.2 Å². The molecule has 6 nitrogen and oxygen atoms in total. The molecule has 0 aromatic heterocycles. The molecule has 0 spiro atoms. The summed E-state index contributed by atoms with van der Waals surface area (Å²) in [6, 6.07) is 11.8. The Morgan fingerprint density at radius 2 is 1.56 bits per heavy atom. The van der Waals surface area contributed by atoms with Crippen LogP contribution in [0.4, 0.5) is 4.39 Å². The number of fused-ring (bicyclic) bond motifs is 1. The highest BCUT2D eigenvalue weighted by molar-refractivity contribution is 6.21. The number of carbonyl (C=O) groups excluding carboxylic acids is 3. The minimum absolute atomic E-state index is 0.0509. The molecule has 0 atom stereocenters. The van der Waals surface area contributed by atoms with E-state index in [-0.39, 0.29) is 13.2 Å². The first kappa shape index (κ1) is 18.6. The zero-order valence-corrected chi connectivity index (χ0v) is 14.9. The number of hydrogen-bond acceptors (Lipinski definition) is 5. The fourth-order valence-electron chi connectivity index (χ4n) is 2.68. The molecule has 3 rings (SSSR count). The van der Waals surface area contributed by atoms with Crippen LogP contribution in [0.2, 0.25) is 0 Å².